The van der Waals surface area contributed by atoms with Crippen molar-refractivity contribution in [2.75, 3.05) is 25.0 Å². The van der Waals surface area contributed by atoms with E-state index in [-0.39, 0.29) is 29.8 Å². The van der Waals surface area contributed by atoms with Crippen LogP contribution >= 0.6 is 33.9 Å². The van der Waals surface area contributed by atoms with Gasteiger partial charge in [0.25, 0.3) is 5.91 Å². The number of benzene rings is 1. The lowest BCUT2D eigenvalue weighted by Gasteiger charge is -2.33. The molecule has 184 valence electrons. The highest BCUT2D eigenvalue weighted by Gasteiger charge is 2.44. The van der Waals surface area contributed by atoms with Crippen LogP contribution in [-0.2, 0) is 4.74 Å². The number of halogens is 2. The number of ether oxygens (including phenoxy) is 1. The number of likely N-dealkylation sites (tertiary alicyclic amines) is 2. The number of carbonyl (C=O) groups is 2. The predicted octanol–water partition coefficient (Wildman–Crippen LogP) is 5.87. The highest BCUT2D eigenvalue weighted by Crippen LogP contribution is 2.39. The number of fused-ring (bicyclic) bond motifs is 3. The van der Waals surface area contributed by atoms with Gasteiger partial charge < -0.3 is 19.9 Å². The number of carbonyl (C=O) groups excluding carboxylic acids is 2. The van der Waals surface area contributed by atoms with Crippen molar-refractivity contribution in [3.05, 3.63) is 51.5 Å². The van der Waals surface area contributed by atoms with Crippen molar-refractivity contribution in [3.8, 4) is 0 Å². The molecule has 4 heterocycles. The van der Waals surface area contributed by atoms with Gasteiger partial charge in [0.15, 0.2) is 0 Å². The van der Waals surface area contributed by atoms with Crippen LogP contribution in [0.15, 0.2) is 36.5 Å². The molecular weight excluding hydrogens is 582 g/mol. The van der Waals surface area contributed by atoms with Crippen molar-refractivity contribution in [1.82, 2.24) is 14.8 Å². The monoisotopic (exact) mass is 608 g/mol. The van der Waals surface area contributed by atoms with Crippen LogP contribution in [0.5, 0.6) is 0 Å². The first-order chi connectivity index (χ1) is 16.6. The number of piperidine rings is 1. The van der Waals surface area contributed by atoms with Crippen LogP contribution in [-0.4, -0.2) is 58.1 Å². The molecule has 0 radical (unpaired) electrons. The van der Waals surface area contributed by atoms with E-state index in [1.54, 1.807) is 23.2 Å². The maximum atomic E-state index is 14.6. The van der Waals surface area contributed by atoms with E-state index in [1.807, 2.05) is 37.8 Å². The summed E-state index contributed by atoms with van der Waals surface area (Å²) in [6.07, 6.45) is 2.21. The highest BCUT2D eigenvalue weighted by molar-refractivity contribution is 14.1. The van der Waals surface area contributed by atoms with Crippen LogP contribution in [0, 0.1) is 15.3 Å². The number of pyridine rings is 1. The van der Waals surface area contributed by atoms with Gasteiger partial charge in [0.05, 0.1) is 17.3 Å². The van der Waals surface area contributed by atoms with Crippen LogP contribution in [0.25, 0.3) is 10.2 Å². The van der Waals surface area contributed by atoms with Gasteiger partial charge in [-0.15, -0.1) is 0 Å². The first-order valence-electron chi connectivity index (χ1n) is 11.5. The number of hydrogen-bond donors (Lipinski definition) is 1. The van der Waals surface area contributed by atoms with E-state index >= 15 is 0 Å². The van der Waals surface area contributed by atoms with Crippen molar-refractivity contribution < 1.29 is 18.7 Å². The van der Waals surface area contributed by atoms with Gasteiger partial charge in [-0.1, -0.05) is 11.3 Å². The normalized spacial score (nSPS) is 19.8. The number of nitrogens with one attached hydrogen (secondary N) is 1. The fourth-order valence-corrected chi connectivity index (χ4v) is 6.27. The number of amides is 2. The Morgan fingerprint density at radius 2 is 2.03 bits per heavy atom. The molecule has 0 aliphatic carbocycles. The second-order valence-corrected chi connectivity index (χ2v) is 12.3. The molecule has 2 fully saturated rings. The smallest absolute Gasteiger partial charge is 0.410 e. The van der Waals surface area contributed by atoms with Crippen molar-refractivity contribution in [3.63, 3.8) is 0 Å². The number of hydrogen-bond acceptors (Lipinski definition) is 6. The van der Waals surface area contributed by atoms with Crippen LogP contribution < -0.4 is 5.32 Å². The highest BCUT2D eigenvalue weighted by atomic mass is 127. The molecule has 10 heteroatoms. The summed E-state index contributed by atoms with van der Waals surface area (Å²) in [4.78, 5) is 35.3. The molecule has 7 nitrogen and oxygen atoms in total. The average Bonchev–Trinajstić information content (AvgIpc) is 3.30. The molecule has 2 amide bonds. The summed E-state index contributed by atoms with van der Waals surface area (Å²) < 4.78 is 21.0. The Hall–Kier alpha value is -2.47. The molecule has 1 N–H and O–H groups in total. The van der Waals surface area contributed by atoms with Gasteiger partial charge in [-0.2, -0.15) is 0 Å². The molecule has 2 atom stereocenters. The van der Waals surface area contributed by atoms with Gasteiger partial charge in [0.1, 0.15) is 21.2 Å². The summed E-state index contributed by atoms with van der Waals surface area (Å²) in [5.41, 5.74) is 0.221. The molecule has 2 aliphatic heterocycles. The number of anilines is 2. The fourth-order valence-electron chi connectivity index (χ4n) is 4.77. The Morgan fingerprint density at radius 1 is 1.23 bits per heavy atom. The van der Waals surface area contributed by atoms with E-state index in [9.17, 15) is 14.0 Å². The maximum absolute atomic E-state index is 14.6. The Kier molecular flexibility index (Phi) is 6.37. The lowest BCUT2D eigenvalue weighted by Crippen LogP contribution is -2.47. The van der Waals surface area contributed by atoms with Crippen molar-refractivity contribution in [1.29, 1.82) is 0 Å². The minimum absolute atomic E-state index is 0.0828. The third kappa shape index (κ3) is 4.95. The molecule has 3 aromatic rings. The topological polar surface area (TPSA) is 74.8 Å². The number of thiophene rings is 1. The van der Waals surface area contributed by atoms with E-state index in [1.165, 1.54) is 17.4 Å². The van der Waals surface area contributed by atoms with E-state index in [2.05, 4.69) is 32.9 Å². The Balaban J connectivity index is 1.43. The summed E-state index contributed by atoms with van der Waals surface area (Å²) in [6, 6.07) is 8.51. The largest absolute Gasteiger partial charge is 0.444 e. The van der Waals surface area contributed by atoms with Crippen LogP contribution in [0.1, 0.15) is 37.6 Å². The van der Waals surface area contributed by atoms with Crippen molar-refractivity contribution >= 4 is 66.8 Å². The van der Waals surface area contributed by atoms with Gasteiger partial charge in [-0.05, 0) is 86.0 Å². The molecule has 1 aromatic carbocycles. The summed E-state index contributed by atoms with van der Waals surface area (Å²) in [6.45, 7) is 7.12. The molecule has 2 bridgehead atoms. The number of aromatic nitrogens is 1. The van der Waals surface area contributed by atoms with Gasteiger partial charge >= 0.3 is 6.09 Å². The molecule has 2 saturated heterocycles. The van der Waals surface area contributed by atoms with Crippen molar-refractivity contribution in [2.45, 2.75) is 38.8 Å². The first-order valence-corrected chi connectivity index (χ1v) is 13.4. The standard InChI is InChI=1S/C25H26FIN4O3S/c1-25(2,3)34-24(33)31-12-14-9-16(31)13-30(11-14)23(32)20-17-5-4-8-28-21(17)35-22(20)29-19-7-6-15(27)10-18(19)26/h4-8,10,14,16,29H,9,11-13H2,1-3H3. The summed E-state index contributed by atoms with van der Waals surface area (Å²) in [5.74, 6) is -0.332. The third-order valence-corrected chi connectivity index (χ3v) is 7.89. The zero-order chi connectivity index (χ0) is 24.9. The molecule has 5 rings (SSSR count). The molecule has 2 aliphatic rings. The van der Waals surface area contributed by atoms with E-state index < -0.39 is 5.60 Å². The molecule has 2 aromatic heterocycles. The van der Waals surface area contributed by atoms with Crippen LogP contribution in [0.2, 0.25) is 0 Å². The van der Waals surface area contributed by atoms with E-state index in [0.29, 0.717) is 40.7 Å². The Labute approximate surface area is 220 Å². The zero-order valence-corrected chi connectivity index (χ0v) is 22.7. The lowest BCUT2D eigenvalue weighted by atomic mass is 9.99. The molecule has 2 unspecified atom stereocenters. The molecule has 0 saturated carbocycles. The Morgan fingerprint density at radius 3 is 2.77 bits per heavy atom. The summed E-state index contributed by atoms with van der Waals surface area (Å²) in [5, 5.41) is 4.43. The third-order valence-electron chi connectivity index (χ3n) is 6.19. The second-order valence-electron chi connectivity index (χ2n) is 10.0. The van der Waals surface area contributed by atoms with Gasteiger partial charge in [0.2, 0.25) is 0 Å². The lowest BCUT2D eigenvalue weighted by molar-refractivity contribution is 0.0207. The van der Waals surface area contributed by atoms with Crippen LogP contribution in [0.3, 0.4) is 0 Å². The minimum Gasteiger partial charge on any atom is -0.444 e. The van der Waals surface area contributed by atoms with Gasteiger partial charge in [-0.3, -0.25) is 4.79 Å². The average molecular weight is 608 g/mol. The zero-order valence-electron chi connectivity index (χ0n) is 19.7. The predicted molar refractivity (Wildman–Crippen MR) is 143 cm³/mol. The van der Waals surface area contributed by atoms with E-state index in [4.69, 9.17) is 4.74 Å². The maximum Gasteiger partial charge on any atom is 0.410 e. The SMILES string of the molecule is CC(C)(C)OC(=O)N1CC2CC1CN(C(=O)c1c(Nc3ccc(I)cc3F)sc3ncccc13)C2. The Bertz CT molecular complexity index is 1310. The number of nitrogens with zero attached hydrogens (tertiary/aromatic N) is 3. The first kappa shape index (κ1) is 24.2. The van der Waals surface area contributed by atoms with Crippen LogP contribution in [0.4, 0.5) is 19.9 Å². The van der Waals surface area contributed by atoms with Gasteiger partial charge in [0, 0.05) is 34.8 Å². The molecule has 0 spiro atoms. The molecular formula is C25H26FIN4O3S. The second kappa shape index (κ2) is 9.20. The molecule has 35 heavy (non-hydrogen) atoms. The minimum atomic E-state index is -0.572. The number of rotatable bonds is 3. The van der Waals surface area contributed by atoms with E-state index in [0.717, 1.165) is 15.4 Å². The summed E-state index contributed by atoms with van der Waals surface area (Å²) in [7, 11) is 0. The fraction of sp³-hybridized carbons (Fsp3) is 0.400. The van der Waals surface area contributed by atoms with Crippen molar-refractivity contribution in [2.24, 2.45) is 5.92 Å². The quantitative estimate of drug-likeness (QED) is 0.377. The summed E-state index contributed by atoms with van der Waals surface area (Å²) >= 11 is 3.39. The van der Waals surface area contributed by atoms with Gasteiger partial charge in [-0.25, -0.2) is 14.2 Å².